The topological polar surface area (TPSA) is 108 Å². The molecule has 0 aliphatic carbocycles. The minimum atomic E-state index is -3.97. The van der Waals surface area contributed by atoms with Crippen molar-refractivity contribution in [3.63, 3.8) is 0 Å². The first-order valence-corrected chi connectivity index (χ1v) is 9.33. The van der Waals surface area contributed by atoms with Crippen LogP contribution in [0, 0.1) is 19.7 Å². The SMILES string of the molecule is Cc1cc(C)c(CNC(=O)[C@H](C)NS(=O)(=O)c2ccc(F)cc2)c(=O)[nH]1. The van der Waals surface area contributed by atoms with E-state index in [4.69, 9.17) is 0 Å². The number of aromatic amines is 1. The Kier molecular flexibility index (Phi) is 5.94. The number of rotatable bonds is 6. The first kappa shape index (κ1) is 19.8. The van der Waals surface area contributed by atoms with Gasteiger partial charge in [0.05, 0.1) is 10.9 Å². The van der Waals surface area contributed by atoms with E-state index in [1.807, 2.05) is 0 Å². The monoisotopic (exact) mass is 381 g/mol. The van der Waals surface area contributed by atoms with E-state index >= 15 is 0 Å². The summed E-state index contributed by atoms with van der Waals surface area (Å²) >= 11 is 0. The van der Waals surface area contributed by atoms with Crippen LogP contribution >= 0.6 is 0 Å². The molecule has 0 aliphatic heterocycles. The number of amides is 1. The average Bonchev–Trinajstić information content (AvgIpc) is 2.53. The Bertz CT molecular complexity index is 968. The molecule has 0 saturated carbocycles. The first-order chi connectivity index (χ1) is 12.1. The van der Waals surface area contributed by atoms with Crippen LogP contribution in [0.1, 0.15) is 23.7 Å². The summed E-state index contributed by atoms with van der Waals surface area (Å²) in [5.41, 5.74) is 1.54. The van der Waals surface area contributed by atoms with Crippen LogP contribution in [0.25, 0.3) is 0 Å². The molecule has 7 nitrogen and oxygen atoms in total. The van der Waals surface area contributed by atoms with Gasteiger partial charge in [0.25, 0.3) is 5.56 Å². The molecule has 0 saturated heterocycles. The highest BCUT2D eigenvalue weighted by atomic mass is 32.2. The normalized spacial score (nSPS) is 12.6. The van der Waals surface area contributed by atoms with Gasteiger partial charge >= 0.3 is 0 Å². The van der Waals surface area contributed by atoms with E-state index in [0.29, 0.717) is 11.3 Å². The van der Waals surface area contributed by atoms with Crippen molar-refractivity contribution in [1.29, 1.82) is 0 Å². The standard InChI is InChI=1S/C17H20FN3O4S/c1-10-8-11(2)20-17(23)15(10)9-19-16(22)12(3)21-26(24,25)14-6-4-13(18)5-7-14/h4-8,12,21H,9H2,1-3H3,(H,19,22)(H,20,23)/t12-/m0/s1. The predicted molar refractivity (Wildman–Crippen MR) is 94.6 cm³/mol. The molecular weight excluding hydrogens is 361 g/mol. The molecule has 1 aromatic carbocycles. The van der Waals surface area contributed by atoms with Gasteiger partial charge in [0, 0.05) is 17.8 Å². The molecule has 1 aromatic heterocycles. The number of hydrogen-bond donors (Lipinski definition) is 3. The molecule has 0 bridgehead atoms. The lowest BCUT2D eigenvalue weighted by Crippen LogP contribution is -2.45. The van der Waals surface area contributed by atoms with Gasteiger partial charge in [-0.05, 0) is 56.7 Å². The number of H-pyrrole nitrogens is 1. The van der Waals surface area contributed by atoms with Gasteiger partial charge in [0.1, 0.15) is 5.82 Å². The quantitative estimate of drug-likeness (QED) is 0.697. The number of carbonyl (C=O) groups excluding carboxylic acids is 1. The molecule has 0 unspecified atom stereocenters. The fraction of sp³-hybridized carbons (Fsp3) is 0.294. The van der Waals surface area contributed by atoms with Crippen molar-refractivity contribution in [3.05, 3.63) is 63.3 Å². The van der Waals surface area contributed by atoms with Gasteiger partial charge < -0.3 is 10.3 Å². The Morgan fingerprint density at radius 3 is 2.42 bits per heavy atom. The lowest BCUT2D eigenvalue weighted by molar-refractivity contribution is -0.122. The zero-order valence-corrected chi connectivity index (χ0v) is 15.4. The maximum atomic E-state index is 12.9. The van der Waals surface area contributed by atoms with E-state index in [1.165, 1.54) is 6.92 Å². The third-order valence-electron chi connectivity index (χ3n) is 3.78. The number of pyridine rings is 1. The van der Waals surface area contributed by atoms with Crippen LogP contribution < -0.4 is 15.6 Å². The Morgan fingerprint density at radius 2 is 1.85 bits per heavy atom. The van der Waals surface area contributed by atoms with Crippen LogP contribution in [0.5, 0.6) is 0 Å². The number of carbonyl (C=O) groups is 1. The van der Waals surface area contributed by atoms with Crippen molar-refractivity contribution in [2.45, 2.75) is 38.3 Å². The molecule has 26 heavy (non-hydrogen) atoms. The van der Waals surface area contributed by atoms with Gasteiger partial charge in [-0.15, -0.1) is 0 Å². The highest BCUT2D eigenvalue weighted by molar-refractivity contribution is 7.89. The van der Waals surface area contributed by atoms with Gasteiger partial charge in [-0.2, -0.15) is 4.72 Å². The summed E-state index contributed by atoms with van der Waals surface area (Å²) in [5.74, 6) is -1.15. The molecule has 1 heterocycles. The van der Waals surface area contributed by atoms with Crippen LogP contribution in [0.4, 0.5) is 4.39 Å². The van der Waals surface area contributed by atoms with Gasteiger partial charge in [0.2, 0.25) is 15.9 Å². The molecule has 2 aromatic rings. The number of aromatic nitrogens is 1. The second-order valence-corrected chi connectivity index (χ2v) is 7.67. The molecule has 0 aliphatic rings. The largest absolute Gasteiger partial charge is 0.350 e. The molecule has 0 spiro atoms. The fourth-order valence-electron chi connectivity index (χ4n) is 2.40. The summed E-state index contributed by atoms with van der Waals surface area (Å²) in [5, 5.41) is 2.54. The summed E-state index contributed by atoms with van der Waals surface area (Å²) in [7, 11) is -3.97. The number of sulfonamides is 1. The molecule has 1 atom stereocenters. The zero-order chi connectivity index (χ0) is 19.5. The second-order valence-electron chi connectivity index (χ2n) is 5.96. The molecule has 3 N–H and O–H groups in total. The molecule has 2 rings (SSSR count). The van der Waals surface area contributed by atoms with Crippen molar-refractivity contribution < 1.29 is 17.6 Å². The summed E-state index contributed by atoms with van der Waals surface area (Å²) in [6.07, 6.45) is 0. The zero-order valence-electron chi connectivity index (χ0n) is 14.6. The minimum Gasteiger partial charge on any atom is -0.350 e. The van der Waals surface area contributed by atoms with E-state index < -0.39 is 27.8 Å². The van der Waals surface area contributed by atoms with Gasteiger partial charge in [-0.25, -0.2) is 12.8 Å². The number of halogens is 1. The van der Waals surface area contributed by atoms with Crippen molar-refractivity contribution in [2.24, 2.45) is 0 Å². The molecule has 140 valence electrons. The summed E-state index contributed by atoms with van der Waals surface area (Å²) in [6.45, 7) is 4.86. The van der Waals surface area contributed by atoms with E-state index in [1.54, 1.807) is 19.9 Å². The Morgan fingerprint density at radius 1 is 1.23 bits per heavy atom. The van der Waals surface area contributed by atoms with Gasteiger partial charge in [0.15, 0.2) is 0 Å². The van der Waals surface area contributed by atoms with Crippen molar-refractivity contribution in [3.8, 4) is 0 Å². The minimum absolute atomic E-state index is 0.0249. The number of hydrogen-bond acceptors (Lipinski definition) is 4. The molecule has 1 amide bonds. The number of aryl methyl sites for hydroxylation is 2. The Balaban J connectivity index is 2.04. The summed E-state index contributed by atoms with van der Waals surface area (Å²) in [6, 6.07) is 4.96. The fourth-order valence-corrected chi connectivity index (χ4v) is 3.60. The van der Waals surface area contributed by atoms with Gasteiger partial charge in [-0.3, -0.25) is 9.59 Å². The smallest absolute Gasteiger partial charge is 0.253 e. The van der Waals surface area contributed by atoms with Crippen molar-refractivity contribution in [2.75, 3.05) is 0 Å². The van der Waals surface area contributed by atoms with Crippen LogP contribution in [0.15, 0.2) is 40.0 Å². The Labute approximate surface area is 150 Å². The van der Waals surface area contributed by atoms with Crippen LogP contribution in [0.2, 0.25) is 0 Å². The summed E-state index contributed by atoms with van der Waals surface area (Å²) in [4.78, 5) is 26.6. The van der Waals surface area contributed by atoms with E-state index in [-0.39, 0.29) is 17.0 Å². The average molecular weight is 381 g/mol. The predicted octanol–water partition coefficient (Wildman–Crippen LogP) is 1.11. The maximum absolute atomic E-state index is 12.9. The highest BCUT2D eigenvalue weighted by Crippen LogP contribution is 2.10. The summed E-state index contributed by atoms with van der Waals surface area (Å²) < 4.78 is 39.5. The maximum Gasteiger partial charge on any atom is 0.253 e. The molecule has 0 radical (unpaired) electrons. The second kappa shape index (κ2) is 7.79. The van der Waals surface area contributed by atoms with E-state index in [0.717, 1.165) is 29.8 Å². The lowest BCUT2D eigenvalue weighted by Gasteiger charge is -2.15. The van der Waals surface area contributed by atoms with Crippen LogP contribution in [0.3, 0.4) is 0 Å². The van der Waals surface area contributed by atoms with Gasteiger partial charge in [-0.1, -0.05) is 0 Å². The first-order valence-electron chi connectivity index (χ1n) is 7.85. The Hall–Kier alpha value is -2.52. The van der Waals surface area contributed by atoms with Crippen LogP contribution in [-0.4, -0.2) is 25.4 Å². The van der Waals surface area contributed by atoms with E-state index in [9.17, 15) is 22.4 Å². The third-order valence-corrected chi connectivity index (χ3v) is 5.34. The van der Waals surface area contributed by atoms with Crippen molar-refractivity contribution in [1.82, 2.24) is 15.0 Å². The van der Waals surface area contributed by atoms with Crippen LogP contribution in [-0.2, 0) is 21.4 Å². The molecule has 9 heteroatoms. The lowest BCUT2D eigenvalue weighted by atomic mass is 10.1. The number of nitrogens with one attached hydrogen (secondary N) is 3. The third kappa shape index (κ3) is 4.77. The van der Waals surface area contributed by atoms with Crippen molar-refractivity contribution >= 4 is 15.9 Å². The highest BCUT2D eigenvalue weighted by Gasteiger charge is 2.22. The molecule has 0 fully saturated rings. The molecular formula is C17H20FN3O4S. The number of benzene rings is 1. The van der Waals surface area contributed by atoms with E-state index in [2.05, 4.69) is 15.0 Å².